The molecule has 5 nitrogen and oxygen atoms in total. The Morgan fingerprint density at radius 1 is 1.13 bits per heavy atom. The Labute approximate surface area is 141 Å². The van der Waals surface area contributed by atoms with Crippen molar-refractivity contribution in [2.45, 2.75) is 26.7 Å². The van der Waals surface area contributed by atoms with Gasteiger partial charge >= 0.3 is 0 Å². The molecule has 0 aliphatic rings. The van der Waals surface area contributed by atoms with Crippen LogP contribution in [0.3, 0.4) is 0 Å². The van der Waals surface area contributed by atoms with Gasteiger partial charge in [-0.05, 0) is 51.9 Å². The number of phenols is 2. The van der Waals surface area contributed by atoms with E-state index in [1.165, 1.54) is 12.1 Å². The summed E-state index contributed by atoms with van der Waals surface area (Å²) in [6.07, 6.45) is 0.984. The highest BCUT2D eigenvalue weighted by molar-refractivity contribution is 9.10. The summed E-state index contributed by atoms with van der Waals surface area (Å²) in [5.41, 5.74) is -0.657. The van der Waals surface area contributed by atoms with Crippen LogP contribution in [0.2, 0.25) is 0 Å². The molecule has 2 aromatic rings. The summed E-state index contributed by atoms with van der Waals surface area (Å²) >= 11 is 3.08. The molecule has 2 rings (SSSR count). The molecular weight excluding hydrogens is 364 g/mol. The molecule has 0 fully saturated rings. The zero-order valence-electron chi connectivity index (χ0n) is 12.8. The number of ketones is 1. The first-order chi connectivity index (χ1) is 10.7. The summed E-state index contributed by atoms with van der Waals surface area (Å²) in [6, 6.07) is 3.96. The third-order valence-corrected chi connectivity index (χ3v) is 4.20. The van der Waals surface area contributed by atoms with Crippen LogP contribution in [0, 0.1) is 5.92 Å². The number of rotatable bonds is 4. The lowest BCUT2D eigenvalue weighted by Gasteiger charge is -2.04. The van der Waals surface area contributed by atoms with Gasteiger partial charge in [0, 0.05) is 12.0 Å². The van der Waals surface area contributed by atoms with Crippen molar-refractivity contribution in [1.29, 1.82) is 0 Å². The summed E-state index contributed by atoms with van der Waals surface area (Å²) in [4.78, 5) is 24.5. The fourth-order valence-electron chi connectivity index (χ4n) is 2.27. The second kappa shape index (κ2) is 6.58. The normalized spacial score (nSPS) is 11.1. The molecular formula is C17H17BrO5. The largest absolute Gasteiger partial charge is 0.504 e. The van der Waals surface area contributed by atoms with Crippen LogP contribution in [0.25, 0.3) is 10.8 Å². The summed E-state index contributed by atoms with van der Waals surface area (Å²) in [5.74, 6) is -1.62. The van der Waals surface area contributed by atoms with Gasteiger partial charge in [-0.25, -0.2) is 0 Å². The van der Waals surface area contributed by atoms with Gasteiger partial charge in [-0.15, -0.1) is 0 Å². The molecule has 0 aliphatic heterocycles. The van der Waals surface area contributed by atoms with E-state index in [9.17, 15) is 24.9 Å². The maximum Gasteiger partial charge on any atom is 0.231 e. The summed E-state index contributed by atoms with van der Waals surface area (Å²) < 4.78 is 0.188. The molecule has 122 valence electrons. The van der Waals surface area contributed by atoms with E-state index in [0.717, 1.165) is 6.07 Å². The van der Waals surface area contributed by atoms with E-state index in [1.54, 1.807) is 0 Å². The zero-order valence-corrected chi connectivity index (χ0v) is 14.3. The molecule has 0 saturated heterocycles. The molecule has 0 atom stereocenters. The minimum Gasteiger partial charge on any atom is -0.504 e. The molecule has 0 heterocycles. The van der Waals surface area contributed by atoms with E-state index < -0.39 is 22.7 Å². The van der Waals surface area contributed by atoms with Crippen LogP contribution in [0.1, 0.15) is 37.0 Å². The second-order valence-corrected chi connectivity index (χ2v) is 6.69. The van der Waals surface area contributed by atoms with E-state index in [2.05, 4.69) is 15.9 Å². The van der Waals surface area contributed by atoms with Gasteiger partial charge in [-0.3, -0.25) is 9.59 Å². The Hall–Kier alpha value is -2.08. The monoisotopic (exact) mass is 380 g/mol. The lowest BCUT2D eigenvalue weighted by Crippen LogP contribution is -2.00. The van der Waals surface area contributed by atoms with Crippen LogP contribution in [0.15, 0.2) is 27.5 Å². The van der Waals surface area contributed by atoms with E-state index in [0.29, 0.717) is 18.8 Å². The van der Waals surface area contributed by atoms with Crippen molar-refractivity contribution >= 4 is 32.5 Å². The molecule has 3 N–H and O–H groups in total. The number of hydrogen-bond donors (Lipinski definition) is 3. The first kappa shape index (κ1) is 17.3. The average Bonchev–Trinajstić information content (AvgIpc) is 2.60. The Kier molecular flexibility index (Phi) is 4.94. The molecule has 2 aromatic carbocycles. The Balaban J connectivity index is 2.72. The lowest BCUT2D eigenvalue weighted by molar-refractivity contribution is 0.0975. The quantitative estimate of drug-likeness (QED) is 0.555. The molecule has 0 bridgehead atoms. The highest BCUT2D eigenvalue weighted by Gasteiger charge is 2.17. The van der Waals surface area contributed by atoms with Gasteiger partial charge < -0.3 is 15.3 Å². The third-order valence-electron chi connectivity index (χ3n) is 3.59. The third kappa shape index (κ3) is 3.47. The minimum absolute atomic E-state index is 0.187. The second-order valence-electron chi connectivity index (χ2n) is 5.83. The molecule has 23 heavy (non-hydrogen) atoms. The van der Waals surface area contributed by atoms with Crippen LogP contribution < -0.4 is 5.43 Å². The Morgan fingerprint density at radius 2 is 1.78 bits per heavy atom. The van der Waals surface area contributed by atoms with Gasteiger partial charge in [0.2, 0.25) is 5.43 Å². The van der Waals surface area contributed by atoms with Crippen LogP contribution in [-0.2, 0) is 0 Å². The van der Waals surface area contributed by atoms with Gasteiger partial charge in [0.15, 0.2) is 23.0 Å². The van der Waals surface area contributed by atoms with Crippen molar-refractivity contribution in [2.24, 2.45) is 5.92 Å². The zero-order chi connectivity index (χ0) is 17.3. The van der Waals surface area contributed by atoms with Crippen molar-refractivity contribution < 1.29 is 20.1 Å². The highest BCUT2D eigenvalue weighted by Crippen LogP contribution is 2.39. The first-order valence-electron chi connectivity index (χ1n) is 7.17. The molecule has 0 unspecified atom stereocenters. The van der Waals surface area contributed by atoms with Gasteiger partial charge in [-0.1, -0.05) is 13.8 Å². The standard InChI is InChI=1S/C17H17BrO5/c1-8(2)3-4-12(19)9-5-10-6-11(18)15(21)17(23)14(10)16(22)13(20)7-9/h5-8,21,23H,3-4H2,1-2H3,(H,20,22). The van der Waals surface area contributed by atoms with Crippen molar-refractivity contribution in [3.63, 3.8) is 0 Å². The number of carbonyl (C=O) groups is 1. The first-order valence-corrected chi connectivity index (χ1v) is 7.96. The molecule has 0 aliphatic carbocycles. The molecule has 0 amide bonds. The number of Topliss-reactive ketones (excluding diaryl/α,β-unsaturated/α-hetero) is 1. The maximum absolute atomic E-state index is 12.3. The van der Waals surface area contributed by atoms with E-state index in [1.807, 2.05) is 13.8 Å². The predicted octanol–water partition coefficient (Wildman–Crippen LogP) is 3.70. The molecule has 6 heteroatoms. The smallest absolute Gasteiger partial charge is 0.231 e. The van der Waals surface area contributed by atoms with Crippen LogP contribution >= 0.6 is 15.9 Å². The lowest BCUT2D eigenvalue weighted by atomic mass is 10.0. The SMILES string of the molecule is CC(C)CCC(=O)c1cc(O)c(=O)c2c(O)c(O)c(Br)cc2c1. The van der Waals surface area contributed by atoms with E-state index in [-0.39, 0.29) is 26.6 Å². The molecule has 0 radical (unpaired) electrons. The van der Waals surface area contributed by atoms with Crippen LogP contribution in [0.5, 0.6) is 17.2 Å². The molecule has 0 saturated carbocycles. The van der Waals surface area contributed by atoms with Gasteiger partial charge in [0.25, 0.3) is 0 Å². The van der Waals surface area contributed by atoms with Gasteiger partial charge in [-0.2, -0.15) is 0 Å². The number of fused-ring (bicyclic) bond motifs is 1. The highest BCUT2D eigenvalue weighted by atomic mass is 79.9. The summed E-state index contributed by atoms with van der Waals surface area (Å²) in [7, 11) is 0. The maximum atomic E-state index is 12.3. The number of phenolic OH excluding ortho intramolecular Hbond substituents is 2. The number of carbonyl (C=O) groups excluding carboxylic acids is 1. The number of benzene rings is 1. The predicted molar refractivity (Wildman–Crippen MR) is 91.3 cm³/mol. The number of hydrogen-bond acceptors (Lipinski definition) is 5. The van der Waals surface area contributed by atoms with Crippen molar-refractivity contribution in [3.8, 4) is 17.2 Å². The van der Waals surface area contributed by atoms with E-state index in [4.69, 9.17) is 0 Å². The van der Waals surface area contributed by atoms with Gasteiger partial charge in [0.1, 0.15) is 0 Å². The average molecular weight is 381 g/mol. The fourth-order valence-corrected chi connectivity index (χ4v) is 2.71. The number of halogens is 1. The van der Waals surface area contributed by atoms with Crippen LogP contribution in [-0.4, -0.2) is 21.1 Å². The van der Waals surface area contributed by atoms with E-state index >= 15 is 0 Å². The van der Waals surface area contributed by atoms with Gasteiger partial charge in [0.05, 0.1) is 9.86 Å². The van der Waals surface area contributed by atoms with Crippen molar-refractivity contribution in [1.82, 2.24) is 0 Å². The van der Waals surface area contributed by atoms with Crippen LogP contribution in [0.4, 0.5) is 0 Å². The van der Waals surface area contributed by atoms with Crippen molar-refractivity contribution in [3.05, 3.63) is 38.5 Å². The summed E-state index contributed by atoms with van der Waals surface area (Å²) in [5, 5.41) is 29.7. The Bertz CT molecular complexity index is 843. The van der Waals surface area contributed by atoms with Crippen molar-refractivity contribution in [2.75, 3.05) is 0 Å². The topological polar surface area (TPSA) is 94.8 Å². The summed E-state index contributed by atoms with van der Waals surface area (Å²) in [6.45, 7) is 4.00. The minimum atomic E-state index is -0.844. The fraction of sp³-hybridized carbons (Fsp3) is 0.294. The molecule has 0 spiro atoms. The Morgan fingerprint density at radius 3 is 2.39 bits per heavy atom. The number of aromatic hydroxyl groups is 3. The molecule has 0 aromatic heterocycles.